The summed E-state index contributed by atoms with van der Waals surface area (Å²) in [6.45, 7) is 9.43. The molecule has 6 heteroatoms. The largest absolute Gasteiger partial charge is 0.504 e. The van der Waals surface area contributed by atoms with Crippen LogP contribution in [0.15, 0.2) is 54.4 Å². The second kappa shape index (κ2) is 8.05. The molecule has 3 aliphatic carbocycles. The Morgan fingerprint density at radius 2 is 2.18 bits per heavy atom. The Bertz CT molecular complexity index is 1130. The summed E-state index contributed by atoms with van der Waals surface area (Å²) in [5.74, 6) is 0.743. The van der Waals surface area contributed by atoms with E-state index in [1.165, 1.54) is 5.56 Å². The Hall–Kier alpha value is -2.99. The number of phenols is 1. The van der Waals surface area contributed by atoms with Crippen LogP contribution in [0, 0.1) is 10.8 Å². The normalized spacial score (nSPS) is 34.6. The smallest absolute Gasteiger partial charge is 0.244 e. The zero-order valence-corrected chi connectivity index (χ0v) is 20.0. The Balaban J connectivity index is 0.00000117. The van der Waals surface area contributed by atoms with Gasteiger partial charge in [0.15, 0.2) is 11.5 Å². The summed E-state index contributed by atoms with van der Waals surface area (Å²) in [7, 11) is 1.61. The number of hydrogen-bond donors (Lipinski definition) is 3. The molecule has 180 valence electrons. The third-order valence-electron chi connectivity index (χ3n) is 9.05. The highest BCUT2D eigenvalue weighted by molar-refractivity contribution is 5.91. The SMILES string of the molecule is C=C.COc1ccc2c(c1O)C13CC(NC(=O)/C=C/c4ccoc4)CCC1(C)C1NCC1(C2)C3. The van der Waals surface area contributed by atoms with Gasteiger partial charge in [0, 0.05) is 46.7 Å². The monoisotopic (exact) mass is 462 g/mol. The Morgan fingerprint density at radius 3 is 2.85 bits per heavy atom. The van der Waals surface area contributed by atoms with Crippen molar-refractivity contribution in [3.8, 4) is 11.5 Å². The summed E-state index contributed by atoms with van der Waals surface area (Å²) in [4.78, 5) is 12.7. The first-order valence-corrected chi connectivity index (χ1v) is 12.0. The van der Waals surface area contributed by atoms with Crippen LogP contribution in [0.25, 0.3) is 6.08 Å². The van der Waals surface area contributed by atoms with Gasteiger partial charge >= 0.3 is 0 Å². The highest BCUT2D eigenvalue weighted by Gasteiger charge is 2.74. The van der Waals surface area contributed by atoms with Gasteiger partial charge in [-0.1, -0.05) is 13.0 Å². The van der Waals surface area contributed by atoms with E-state index in [1.54, 1.807) is 31.8 Å². The molecule has 1 aliphatic heterocycles. The van der Waals surface area contributed by atoms with E-state index in [1.807, 2.05) is 12.1 Å². The van der Waals surface area contributed by atoms with E-state index in [9.17, 15) is 9.90 Å². The third kappa shape index (κ3) is 3.01. The van der Waals surface area contributed by atoms with Crippen LogP contribution in [-0.2, 0) is 16.6 Å². The zero-order valence-electron chi connectivity index (χ0n) is 20.0. The number of amides is 1. The van der Waals surface area contributed by atoms with Crippen LogP contribution in [-0.4, -0.2) is 36.8 Å². The quantitative estimate of drug-likeness (QED) is 0.465. The summed E-state index contributed by atoms with van der Waals surface area (Å²) in [6.07, 6.45) is 11.4. The number of nitrogens with one attached hydrogen (secondary N) is 2. The molecule has 2 heterocycles. The van der Waals surface area contributed by atoms with Gasteiger partial charge < -0.3 is 24.9 Å². The molecule has 2 saturated carbocycles. The van der Waals surface area contributed by atoms with Gasteiger partial charge in [-0.05, 0) is 61.3 Å². The lowest BCUT2D eigenvalue weighted by Gasteiger charge is -2.54. The maximum absolute atomic E-state index is 12.7. The van der Waals surface area contributed by atoms with Gasteiger partial charge in [0.25, 0.3) is 0 Å². The number of hydrogen-bond acceptors (Lipinski definition) is 5. The molecular weight excluding hydrogens is 428 g/mol. The molecule has 1 aromatic heterocycles. The topological polar surface area (TPSA) is 83.7 Å². The average Bonchev–Trinajstić information content (AvgIpc) is 3.38. The maximum atomic E-state index is 12.7. The van der Waals surface area contributed by atoms with Crippen molar-refractivity contribution in [2.24, 2.45) is 10.8 Å². The molecule has 5 atom stereocenters. The molecule has 6 nitrogen and oxygen atoms in total. The summed E-state index contributed by atoms with van der Waals surface area (Å²) in [6, 6.07) is 6.38. The lowest BCUT2D eigenvalue weighted by Crippen LogP contribution is -2.65. The van der Waals surface area contributed by atoms with Crippen molar-refractivity contribution in [3.63, 3.8) is 0 Å². The number of fused-ring (bicyclic) bond motifs is 2. The number of rotatable bonds is 4. The molecule has 34 heavy (non-hydrogen) atoms. The third-order valence-corrected chi connectivity index (χ3v) is 9.05. The number of benzene rings is 1. The van der Waals surface area contributed by atoms with Crippen molar-refractivity contribution in [2.45, 2.75) is 56.5 Å². The predicted molar refractivity (Wildman–Crippen MR) is 132 cm³/mol. The van der Waals surface area contributed by atoms with E-state index in [2.05, 4.69) is 36.8 Å². The number of carbonyl (C=O) groups is 1. The Labute approximate surface area is 201 Å². The number of carbonyl (C=O) groups excluding carboxylic acids is 1. The van der Waals surface area contributed by atoms with Crippen LogP contribution < -0.4 is 15.4 Å². The molecule has 5 unspecified atom stereocenters. The van der Waals surface area contributed by atoms with Crippen LogP contribution in [0.4, 0.5) is 0 Å². The van der Waals surface area contributed by atoms with Gasteiger partial charge in [0.2, 0.25) is 5.91 Å². The van der Waals surface area contributed by atoms with Crippen molar-refractivity contribution in [2.75, 3.05) is 13.7 Å². The van der Waals surface area contributed by atoms with E-state index >= 15 is 0 Å². The van der Waals surface area contributed by atoms with E-state index < -0.39 is 0 Å². The van der Waals surface area contributed by atoms with E-state index in [4.69, 9.17) is 9.15 Å². The fraction of sp³-hybridized carbons (Fsp3) is 0.464. The number of furan rings is 1. The Morgan fingerprint density at radius 1 is 1.35 bits per heavy atom. The van der Waals surface area contributed by atoms with Crippen molar-refractivity contribution in [1.82, 2.24) is 10.6 Å². The first-order valence-electron chi connectivity index (χ1n) is 12.0. The summed E-state index contributed by atoms with van der Waals surface area (Å²) < 4.78 is 10.6. The number of aromatic hydroxyl groups is 1. The molecule has 6 rings (SSSR count). The zero-order chi connectivity index (χ0) is 24.1. The summed E-state index contributed by atoms with van der Waals surface area (Å²) in [5, 5.41) is 18.3. The lowest BCUT2D eigenvalue weighted by molar-refractivity contribution is -0.117. The van der Waals surface area contributed by atoms with Gasteiger partial charge in [-0.2, -0.15) is 0 Å². The van der Waals surface area contributed by atoms with Gasteiger partial charge in [-0.25, -0.2) is 0 Å². The standard InChI is InChI=1S/C26H30N2O4.C2H4/c1-24-9-7-18(28-20(29)6-3-16-8-10-32-13-16)12-26(24)14-25(15-27-23(24)25)11-17-4-5-19(31-2)22(30)21(17)26;1-2/h3-6,8,10,13,18,23,27,30H,7,9,11-12,14-15H2,1-2H3,(H,28,29);1-2H2/b6-3+;. The van der Waals surface area contributed by atoms with Crippen molar-refractivity contribution < 1.29 is 19.1 Å². The van der Waals surface area contributed by atoms with Crippen molar-refractivity contribution >= 4 is 12.0 Å². The molecule has 0 radical (unpaired) electrons. The Kier molecular flexibility index (Phi) is 5.40. The molecular formula is C28H34N2O4. The maximum Gasteiger partial charge on any atom is 0.244 e. The molecule has 2 spiro atoms. The molecule has 3 fully saturated rings. The average molecular weight is 463 g/mol. The summed E-state index contributed by atoms with van der Waals surface area (Å²) >= 11 is 0. The van der Waals surface area contributed by atoms with Crippen LogP contribution in [0.1, 0.15) is 49.3 Å². The second-order valence-corrected chi connectivity index (χ2v) is 10.5. The lowest BCUT2D eigenvalue weighted by atomic mass is 9.53. The van der Waals surface area contributed by atoms with Crippen LogP contribution >= 0.6 is 0 Å². The van der Waals surface area contributed by atoms with Gasteiger partial charge in [0.1, 0.15) is 0 Å². The molecule has 1 saturated heterocycles. The molecule has 2 bridgehead atoms. The number of ether oxygens (including phenoxy) is 1. The van der Waals surface area contributed by atoms with Gasteiger partial charge in [0.05, 0.1) is 19.6 Å². The minimum absolute atomic E-state index is 0.0359. The van der Waals surface area contributed by atoms with Crippen molar-refractivity contribution in [3.05, 3.63) is 66.6 Å². The van der Waals surface area contributed by atoms with E-state index in [0.29, 0.717) is 17.5 Å². The minimum atomic E-state index is -0.183. The fourth-order valence-corrected chi connectivity index (χ4v) is 7.78. The highest BCUT2D eigenvalue weighted by atomic mass is 16.5. The highest BCUT2D eigenvalue weighted by Crippen LogP contribution is 2.74. The second-order valence-electron chi connectivity index (χ2n) is 10.5. The molecule has 2 aromatic rings. The number of phenolic OH excluding ortho intramolecular Hbond substituents is 1. The van der Waals surface area contributed by atoms with Gasteiger partial charge in [-0.3, -0.25) is 4.79 Å². The minimum Gasteiger partial charge on any atom is -0.504 e. The molecule has 1 amide bonds. The van der Waals surface area contributed by atoms with Crippen molar-refractivity contribution in [1.29, 1.82) is 0 Å². The number of methoxy groups -OCH3 is 1. The first kappa shape index (κ1) is 22.8. The predicted octanol–water partition coefficient (Wildman–Crippen LogP) is 4.34. The fourth-order valence-electron chi connectivity index (χ4n) is 7.78. The van der Waals surface area contributed by atoms with Crippen LogP contribution in [0.3, 0.4) is 0 Å². The molecule has 3 N–H and O–H groups in total. The van der Waals surface area contributed by atoms with Crippen LogP contribution in [0.5, 0.6) is 11.5 Å². The first-order chi connectivity index (χ1) is 16.4. The summed E-state index contributed by atoms with van der Waals surface area (Å²) in [5.41, 5.74) is 3.29. The molecule has 4 aliphatic rings. The van der Waals surface area contributed by atoms with E-state index in [0.717, 1.165) is 49.8 Å². The van der Waals surface area contributed by atoms with Crippen LogP contribution in [0.2, 0.25) is 0 Å². The van der Waals surface area contributed by atoms with Gasteiger partial charge in [-0.15, -0.1) is 13.2 Å². The molecule has 1 aromatic carbocycles. The van der Waals surface area contributed by atoms with E-state index in [-0.39, 0.29) is 28.2 Å².